The van der Waals surface area contributed by atoms with Gasteiger partial charge in [0.05, 0.1) is 24.4 Å². The molecule has 92 heavy (non-hydrogen) atoms. The van der Waals surface area contributed by atoms with E-state index in [1.165, 1.54) is 193 Å². The fourth-order valence-electron chi connectivity index (χ4n) is 12.6. The van der Waals surface area contributed by atoms with Gasteiger partial charge in [0.1, 0.15) is 6.04 Å². The Morgan fingerprint density at radius 2 is 0.663 bits per heavy atom. The van der Waals surface area contributed by atoms with Crippen LogP contribution in [-0.4, -0.2) is 154 Å². The second kappa shape index (κ2) is 72.6. The summed E-state index contributed by atoms with van der Waals surface area (Å²) in [5, 5.41) is 51.3. The van der Waals surface area contributed by atoms with Gasteiger partial charge in [0.15, 0.2) is 0 Å². The van der Waals surface area contributed by atoms with Crippen molar-refractivity contribution in [2.24, 2.45) is 0 Å². The molecule has 0 aromatic carbocycles. The summed E-state index contributed by atoms with van der Waals surface area (Å²) < 4.78 is 0. The third kappa shape index (κ3) is 64.8. The van der Waals surface area contributed by atoms with Crippen LogP contribution in [0.1, 0.15) is 363 Å². The Balaban J connectivity index is 5.43. The van der Waals surface area contributed by atoms with E-state index in [0.29, 0.717) is 52.1 Å². The smallest absolute Gasteiger partial charge is 0.242 e. The number of amides is 2. The molecule has 6 N–H and O–H groups in total. The molecule has 0 spiro atoms. The molecule has 0 saturated heterocycles. The first kappa shape index (κ1) is 90.8. The second-order valence-electron chi connectivity index (χ2n) is 27.7. The Hall–Kier alpha value is -1.16. The zero-order chi connectivity index (χ0) is 67.3. The summed E-state index contributed by atoms with van der Waals surface area (Å²) >= 11 is 0. The van der Waals surface area contributed by atoms with Crippen molar-refractivity contribution >= 4 is 33.4 Å². The normalized spacial score (nSPS) is 13.8. The van der Waals surface area contributed by atoms with Gasteiger partial charge in [-0.15, -0.1) is 0 Å². The van der Waals surface area contributed by atoms with Crippen molar-refractivity contribution in [3.8, 4) is 0 Å². The molecule has 0 aliphatic carbocycles. The number of hydrogen-bond acceptors (Lipinski definition) is 11. The van der Waals surface area contributed by atoms with Crippen LogP contribution in [-0.2, 0) is 9.59 Å². The van der Waals surface area contributed by atoms with E-state index in [4.69, 9.17) is 0 Å². The molecular formula is C79H157N5O6S2. The minimum absolute atomic E-state index is 0.119. The summed E-state index contributed by atoms with van der Waals surface area (Å²) in [6.45, 7) is 20.5. The zero-order valence-electron chi connectivity index (χ0n) is 61.8. The summed E-state index contributed by atoms with van der Waals surface area (Å²) in [4.78, 5) is 34.3. The third-order valence-electron chi connectivity index (χ3n) is 18.7. The van der Waals surface area contributed by atoms with Crippen LogP contribution in [0.25, 0.3) is 0 Å². The fourth-order valence-corrected chi connectivity index (χ4v) is 14.8. The molecule has 13 heteroatoms. The van der Waals surface area contributed by atoms with E-state index in [1.807, 2.05) is 10.8 Å². The van der Waals surface area contributed by atoms with Crippen molar-refractivity contribution in [3.05, 3.63) is 24.3 Å². The number of aliphatic hydroxyl groups is 4. The van der Waals surface area contributed by atoms with Crippen LogP contribution >= 0.6 is 21.6 Å². The van der Waals surface area contributed by atoms with Gasteiger partial charge in [0.25, 0.3) is 0 Å². The Kier molecular flexibility index (Phi) is 71.7. The molecule has 0 aliphatic rings. The monoisotopic (exact) mass is 1340 g/mol. The van der Waals surface area contributed by atoms with Crippen LogP contribution in [0.3, 0.4) is 0 Å². The standard InChI is InChI=1S/C79H157N5O6S2/c1-7-13-17-21-25-29-31-33-35-37-39-43-47-51-57-73(85)69-83(70-74(86)58-52-48-44-40-38-36-34-32-30-26-22-18-14-8-2)64-53-54-67-91-92-68-62-77(79(90)80-63-56-66-82(11-5)12-6)81-78(89)61-55-65-84(71-75(87)59-49-45-41-27-23-19-15-9-3)72-76(88)60-50-46-42-28-24-20-16-10-4/h33-36,73-77,85-88H,7-32,37-72H2,1-6H3,(H,80,90)(H,81,89)/b35-33-,36-34-. The Labute approximate surface area is 579 Å². The van der Waals surface area contributed by atoms with Gasteiger partial charge in [-0.05, 0) is 142 Å². The van der Waals surface area contributed by atoms with E-state index in [0.717, 1.165) is 147 Å². The highest BCUT2D eigenvalue weighted by Crippen LogP contribution is 2.25. The average Bonchev–Trinajstić information content (AvgIpc) is 3.74. The predicted molar refractivity (Wildman–Crippen MR) is 406 cm³/mol. The summed E-state index contributed by atoms with van der Waals surface area (Å²) in [6, 6.07) is -0.614. The minimum Gasteiger partial charge on any atom is -0.392 e. The van der Waals surface area contributed by atoms with Gasteiger partial charge in [-0.1, -0.05) is 293 Å². The molecule has 0 rings (SSSR count). The maximum atomic E-state index is 13.8. The van der Waals surface area contributed by atoms with E-state index < -0.39 is 18.2 Å². The Bertz CT molecular complexity index is 1500. The molecule has 0 aliphatic heterocycles. The lowest BCUT2D eigenvalue weighted by molar-refractivity contribution is -0.129. The summed E-state index contributed by atoms with van der Waals surface area (Å²) in [5.74, 6) is 1.46. The molecule has 5 unspecified atom stereocenters. The van der Waals surface area contributed by atoms with Gasteiger partial charge >= 0.3 is 0 Å². The lowest BCUT2D eigenvalue weighted by Gasteiger charge is -2.27. The van der Waals surface area contributed by atoms with Crippen molar-refractivity contribution in [1.82, 2.24) is 25.3 Å². The van der Waals surface area contributed by atoms with E-state index in [2.05, 4.69) is 91.2 Å². The summed E-state index contributed by atoms with van der Waals surface area (Å²) in [6.07, 6.45) is 65.1. The van der Waals surface area contributed by atoms with Crippen LogP contribution in [0, 0.1) is 0 Å². The van der Waals surface area contributed by atoms with Crippen LogP contribution in [0.5, 0.6) is 0 Å². The summed E-state index contributed by atoms with van der Waals surface area (Å²) in [5.41, 5.74) is 0. The lowest BCUT2D eigenvalue weighted by atomic mass is 10.0. The number of unbranched alkanes of at least 4 members (excludes halogenated alkanes) is 35. The molecule has 0 aromatic heterocycles. The minimum atomic E-state index is -0.614. The number of hydrogen-bond donors (Lipinski definition) is 6. The third-order valence-corrected chi connectivity index (χ3v) is 21.2. The first-order valence-corrected chi connectivity index (χ1v) is 42.5. The molecule has 0 aromatic rings. The van der Waals surface area contributed by atoms with E-state index in [-0.39, 0.29) is 30.4 Å². The molecule has 0 saturated carbocycles. The first-order valence-electron chi connectivity index (χ1n) is 40.0. The molecule has 5 atom stereocenters. The molecule has 2 amide bonds. The van der Waals surface area contributed by atoms with E-state index >= 15 is 0 Å². The van der Waals surface area contributed by atoms with Crippen LogP contribution in [0.15, 0.2) is 24.3 Å². The van der Waals surface area contributed by atoms with Crippen molar-refractivity contribution in [3.63, 3.8) is 0 Å². The van der Waals surface area contributed by atoms with Crippen molar-refractivity contribution in [2.45, 2.75) is 393 Å². The number of allylic oxidation sites excluding steroid dienone is 4. The van der Waals surface area contributed by atoms with Crippen LogP contribution in [0.2, 0.25) is 0 Å². The highest BCUT2D eigenvalue weighted by molar-refractivity contribution is 8.76. The van der Waals surface area contributed by atoms with Crippen LogP contribution in [0.4, 0.5) is 0 Å². The lowest BCUT2D eigenvalue weighted by Crippen LogP contribution is -2.47. The largest absolute Gasteiger partial charge is 0.392 e. The molecule has 546 valence electrons. The van der Waals surface area contributed by atoms with Crippen LogP contribution < -0.4 is 10.6 Å². The van der Waals surface area contributed by atoms with Crippen molar-refractivity contribution in [1.29, 1.82) is 0 Å². The number of rotatable bonds is 75. The highest BCUT2D eigenvalue weighted by atomic mass is 33.1. The van der Waals surface area contributed by atoms with Crippen molar-refractivity contribution in [2.75, 3.05) is 77.0 Å². The maximum absolute atomic E-state index is 13.8. The summed E-state index contributed by atoms with van der Waals surface area (Å²) in [7, 11) is 3.60. The number of nitrogens with zero attached hydrogens (tertiary/aromatic N) is 3. The number of aliphatic hydroxyl groups excluding tert-OH is 4. The second-order valence-corrected chi connectivity index (χ2v) is 30.4. The number of carbonyl (C=O) groups excluding carboxylic acids is 2. The molecule has 0 bridgehead atoms. The average molecular weight is 1340 g/mol. The van der Waals surface area contributed by atoms with Gasteiger partial charge in [-0.25, -0.2) is 0 Å². The quantitative estimate of drug-likeness (QED) is 0.0196. The van der Waals surface area contributed by atoms with Crippen molar-refractivity contribution < 1.29 is 30.0 Å². The Morgan fingerprint density at radius 1 is 0.348 bits per heavy atom. The first-order chi connectivity index (χ1) is 45.0. The molecular weight excluding hydrogens is 1180 g/mol. The topological polar surface area (TPSA) is 149 Å². The van der Waals surface area contributed by atoms with E-state index in [1.54, 1.807) is 10.8 Å². The van der Waals surface area contributed by atoms with Gasteiger partial charge in [-0.2, -0.15) is 0 Å². The highest BCUT2D eigenvalue weighted by Gasteiger charge is 2.22. The fraction of sp³-hybridized carbons (Fsp3) is 0.924. The number of carbonyl (C=O) groups is 2. The maximum Gasteiger partial charge on any atom is 0.242 e. The van der Waals surface area contributed by atoms with Gasteiger partial charge in [0, 0.05) is 50.7 Å². The zero-order valence-corrected chi connectivity index (χ0v) is 63.4. The van der Waals surface area contributed by atoms with E-state index in [9.17, 15) is 30.0 Å². The molecule has 0 heterocycles. The molecule has 0 fully saturated rings. The number of nitrogens with one attached hydrogen (secondary N) is 2. The van der Waals surface area contributed by atoms with Gasteiger partial charge in [-0.3, -0.25) is 19.4 Å². The SMILES string of the molecule is CCCCCCCC/C=C\CCCCCCC(O)CN(CCCCSSCCC(NC(=O)CCCN(CC(O)CCCCCCCCCC)CC(O)CCCCCCCCCC)C(=O)NCCCN(CC)CC)CC(O)CCCCCC/C=C\CCCCCCCC. The Morgan fingerprint density at radius 3 is 1.02 bits per heavy atom. The molecule has 11 nitrogen and oxygen atoms in total. The molecule has 0 radical (unpaired) electrons. The predicted octanol–water partition coefficient (Wildman–Crippen LogP) is 20.1. The van der Waals surface area contributed by atoms with Gasteiger partial charge < -0.3 is 36.0 Å². The van der Waals surface area contributed by atoms with Gasteiger partial charge in [0.2, 0.25) is 11.8 Å².